The highest BCUT2D eigenvalue weighted by Gasteiger charge is 2.36. The fraction of sp³-hybridized carbons (Fsp3) is 0.227. The number of rotatable bonds is 5. The molecule has 30 heavy (non-hydrogen) atoms. The summed E-state index contributed by atoms with van der Waals surface area (Å²) < 4.78 is 43.4. The van der Waals surface area contributed by atoms with Gasteiger partial charge in [0.2, 0.25) is 0 Å². The van der Waals surface area contributed by atoms with Gasteiger partial charge >= 0.3 is 0 Å². The van der Waals surface area contributed by atoms with Crippen molar-refractivity contribution in [3.63, 3.8) is 0 Å². The Kier molecular flexibility index (Phi) is 5.93. The van der Waals surface area contributed by atoms with Gasteiger partial charge in [0.1, 0.15) is 22.9 Å². The molecule has 1 atom stereocenters. The summed E-state index contributed by atoms with van der Waals surface area (Å²) in [5.74, 6) is -3.14. The predicted octanol–water partition coefficient (Wildman–Crippen LogP) is 4.24. The molecule has 0 unspecified atom stereocenters. The normalized spacial score (nSPS) is 13.9. The summed E-state index contributed by atoms with van der Waals surface area (Å²) in [5.41, 5.74) is 1.34. The van der Waals surface area contributed by atoms with E-state index in [9.17, 15) is 19.0 Å². The van der Waals surface area contributed by atoms with E-state index < -0.39 is 44.9 Å². The van der Waals surface area contributed by atoms with Gasteiger partial charge in [-0.1, -0.05) is 41.9 Å². The van der Waals surface area contributed by atoms with Crippen molar-refractivity contribution in [1.29, 1.82) is 0 Å². The molecule has 4 nitrogen and oxygen atoms in total. The first-order valence-electron chi connectivity index (χ1n) is 9.05. The van der Waals surface area contributed by atoms with Crippen molar-refractivity contribution < 1.29 is 23.4 Å². The molecule has 0 amide bonds. The van der Waals surface area contributed by atoms with Crippen LogP contribution in [-0.4, -0.2) is 21.7 Å². The topological polar surface area (TPSA) is 79.4 Å². The molecule has 8 heteroatoms. The number of benzene rings is 2. The zero-order valence-electron chi connectivity index (χ0n) is 16.3. The second-order valence-electron chi connectivity index (χ2n) is 7.45. The van der Waals surface area contributed by atoms with Gasteiger partial charge in [-0.2, -0.15) is 0 Å². The highest BCUT2D eigenvalue weighted by molar-refractivity contribution is 6.31. The van der Waals surface area contributed by atoms with Gasteiger partial charge in [0.15, 0.2) is 5.82 Å². The Balaban J connectivity index is 2.37. The summed E-state index contributed by atoms with van der Waals surface area (Å²) in [7, 11) is 0. The fourth-order valence-electron chi connectivity index (χ4n) is 3.15. The van der Waals surface area contributed by atoms with E-state index in [2.05, 4.69) is 4.98 Å². The number of nitrogens with zero attached hydrogens (tertiary/aromatic N) is 1. The van der Waals surface area contributed by atoms with Crippen molar-refractivity contribution in [3.05, 3.63) is 87.8 Å². The maximum atomic E-state index is 15.3. The highest BCUT2D eigenvalue weighted by Crippen LogP contribution is 2.37. The number of pyridine rings is 1. The van der Waals surface area contributed by atoms with Crippen LogP contribution in [0.2, 0.25) is 5.02 Å². The van der Waals surface area contributed by atoms with E-state index in [0.29, 0.717) is 11.6 Å². The molecule has 0 saturated carbocycles. The molecule has 0 bridgehead atoms. The first-order chi connectivity index (χ1) is 14.0. The molecule has 0 saturated heterocycles. The van der Waals surface area contributed by atoms with E-state index in [4.69, 9.17) is 17.3 Å². The zero-order chi connectivity index (χ0) is 22.3. The molecule has 0 aliphatic carbocycles. The van der Waals surface area contributed by atoms with E-state index in [1.165, 1.54) is 19.9 Å². The molecule has 158 valence electrons. The number of aromatic nitrogens is 1. The third-order valence-corrected chi connectivity index (χ3v) is 5.14. The van der Waals surface area contributed by atoms with Crippen LogP contribution in [0.5, 0.6) is 0 Å². The fourth-order valence-corrected chi connectivity index (χ4v) is 3.32. The molecule has 1 heterocycles. The Morgan fingerprint density at radius 3 is 2.20 bits per heavy atom. The molecule has 0 radical (unpaired) electrons. The van der Waals surface area contributed by atoms with Gasteiger partial charge in [-0.15, -0.1) is 0 Å². The van der Waals surface area contributed by atoms with Crippen LogP contribution in [0.3, 0.4) is 0 Å². The van der Waals surface area contributed by atoms with Crippen LogP contribution >= 0.6 is 11.6 Å². The zero-order valence-corrected chi connectivity index (χ0v) is 17.0. The Hall–Kier alpha value is -2.45. The van der Waals surface area contributed by atoms with Crippen molar-refractivity contribution in [1.82, 2.24) is 4.98 Å². The van der Waals surface area contributed by atoms with Crippen LogP contribution in [0.4, 0.5) is 13.2 Å². The SMILES string of the molecule is CC(C)(O)c1cc([C@@](O)(CN)c2ccccc2)nc(-c2cc(Cl)c(F)cc2F)c1F. The maximum absolute atomic E-state index is 15.3. The molecule has 0 aliphatic heterocycles. The second-order valence-corrected chi connectivity index (χ2v) is 7.86. The van der Waals surface area contributed by atoms with E-state index in [-0.39, 0.29) is 17.8 Å². The predicted molar refractivity (Wildman–Crippen MR) is 108 cm³/mol. The first-order valence-corrected chi connectivity index (χ1v) is 9.43. The van der Waals surface area contributed by atoms with Crippen molar-refractivity contribution in [2.75, 3.05) is 6.54 Å². The standard InChI is InChI=1S/C22H20ClF3N2O2/c1-21(2,29)14-9-18(22(30,11-27)12-6-4-3-5-7-12)28-20(19(14)26)13-8-15(23)17(25)10-16(13)24/h3-10,29-30H,11,27H2,1-2H3/t22-/m1/s1. The number of nitrogens with two attached hydrogens (primary N) is 1. The second kappa shape index (κ2) is 8.00. The number of halogens is 4. The maximum Gasteiger partial charge on any atom is 0.155 e. The summed E-state index contributed by atoms with van der Waals surface area (Å²) in [4.78, 5) is 4.13. The lowest BCUT2D eigenvalue weighted by Gasteiger charge is -2.29. The molecule has 0 fully saturated rings. The van der Waals surface area contributed by atoms with Crippen molar-refractivity contribution in [2.24, 2.45) is 5.73 Å². The van der Waals surface area contributed by atoms with Crippen LogP contribution in [0.25, 0.3) is 11.3 Å². The lowest BCUT2D eigenvalue weighted by atomic mass is 9.86. The van der Waals surface area contributed by atoms with Gasteiger partial charge in [-0.05, 0) is 31.5 Å². The van der Waals surface area contributed by atoms with E-state index in [1.807, 2.05) is 0 Å². The average molecular weight is 437 g/mol. The lowest BCUT2D eigenvalue weighted by Crippen LogP contribution is -2.38. The van der Waals surface area contributed by atoms with Gasteiger partial charge in [0.25, 0.3) is 0 Å². The van der Waals surface area contributed by atoms with Crippen molar-refractivity contribution in [3.8, 4) is 11.3 Å². The smallest absolute Gasteiger partial charge is 0.155 e. The largest absolute Gasteiger partial charge is 0.386 e. The van der Waals surface area contributed by atoms with E-state index in [1.54, 1.807) is 30.3 Å². The molecule has 1 aromatic heterocycles. The molecule has 3 aromatic rings. The van der Waals surface area contributed by atoms with Crippen LogP contribution < -0.4 is 5.73 Å². The van der Waals surface area contributed by atoms with Crippen molar-refractivity contribution in [2.45, 2.75) is 25.0 Å². The van der Waals surface area contributed by atoms with Gasteiger partial charge in [0, 0.05) is 23.7 Å². The van der Waals surface area contributed by atoms with E-state index in [0.717, 1.165) is 6.07 Å². The van der Waals surface area contributed by atoms with Crippen molar-refractivity contribution >= 4 is 11.6 Å². The summed E-state index contributed by atoms with van der Waals surface area (Å²) in [5, 5.41) is 21.4. The minimum Gasteiger partial charge on any atom is -0.386 e. The third kappa shape index (κ3) is 3.94. The minimum atomic E-state index is -1.86. The molecule has 2 aromatic carbocycles. The van der Waals surface area contributed by atoms with E-state index >= 15 is 4.39 Å². The summed E-state index contributed by atoms with van der Waals surface area (Å²) in [6.07, 6.45) is 0. The summed E-state index contributed by atoms with van der Waals surface area (Å²) in [6, 6.07) is 10.9. The Labute approximate surface area is 176 Å². The van der Waals surface area contributed by atoms with Crippen LogP contribution in [0.15, 0.2) is 48.5 Å². The molecule has 0 spiro atoms. The number of hydrogen-bond acceptors (Lipinski definition) is 4. The summed E-state index contributed by atoms with van der Waals surface area (Å²) >= 11 is 5.76. The number of hydrogen-bond donors (Lipinski definition) is 3. The quantitative estimate of drug-likeness (QED) is 0.523. The van der Waals surface area contributed by atoms with Gasteiger partial charge in [-0.25, -0.2) is 18.2 Å². The van der Waals surface area contributed by atoms with Crippen LogP contribution in [-0.2, 0) is 11.2 Å². The lowest BCUT2D eigenvalue weighted by molar-refractivity contribution is 0.0702. The molecule has 0 aliphatic rings. The monoisotopic (exact) mass is 436 g/mol. The Morgan fingerprint density at radius 1 is 1.00 bits per heavy atom. The molecule has 3 rings (SSSR count). The molecular formula is C22H20ClF3N2O2. The molecule has 4 N–H and O–H groups in total. The van der Waals surface area contributed by atoms with Gasteiger partial charge < -0.3 is 15.9 Å². The van der Waals surface area contributed by atoms with Gasteiger partial charge in [0.05, 0.1) is 16.3 Å². The minimum absolute atomic E-state index is 0.107. The Morgan fingerprint density at radius 2 is 1.63 bits per heavy atom. The number of aliphatic hydroxyl groups is 2. The van der Waals surface area contributed by atoms with Crippen LogP contribution in [0.1, 0.15) is 30.7 Å². The first kappa shape index (κ1) is 22.2. The summed E-state index contributed by atoms with van der Waals surface area (Å²) in [6.45, 7) is 2.33. The third-order valence-electron chi connectivity index (χ3n) is 4.85. The Bertz CT molecular complexity index is 1090. The highest BCUT2D eigenvalue weighted by atomic mass is 35.5. The molecular weight excluding hydrogens is 417 g/mol. The van der Waals surface area contributed by atoms with Crippen LogP contribution in [0, 0.1) is 17.5 Å². The van der Waals surface area contributed by atoms with Gasteiger partial charge in [-0.3, -0.25) is 0 Å². The average Bonchev–Trinajstić information content (AvgIpc) is 2.70.